The van der Waals surface area contributed by atoms with Crippen LogP contribution in [-0.2, 0) is 0 Å². The van der Waals surface area contributed by atoms with Crippen molar-refractivity contribution in [3.05, 3.63) is 22.2 Å². The molecule has 2 rings (SSSR count). The van der Waals surface area contributed by atoms with Gasteiger partial charge in [-0.15, -0.1) is 0 Å². The van der Waals surface area contributed by atoms with Crippen LogP contribution in [0.4, 0.5) is 17.3 Å². The van der Waals surface area contributed by atoms with Crippen molar-refractivity contribution in [2.75, 3.05) is 17.2 Å². The molecule has 1 aliphatic carbocycles. The Morgan fingerprint density at radius 2 is 2.31 bits per heavy atom. The lowest BCUT2D eigenvalue weighted by Crippen LogP contribution is -2.26. The minimum Gasteiger partial charge on any atom is -0.378 e. The van der Waals surface area contributed by atoms with Crippen molar-refractivity contribution in [2.24, 2.45) is 0 Å². The van der Waals surface area contributed by atoms with Crippen molar-refractivity contribution < 1.29 is 4.92 Å². The summed E-state index contributed by atoms with van der Waals surface area (Å²) in [7, 11) is 0. The molecule has 1 aromatic heterocycles. The third-order valence-corrected chi connectivity index (χ3v) is 2.71. The van der Waals surface area contributed by atoms with Gasteiger partial charge in [0.15, 0.2) is 0 Å². The highest BCUT2D eigenvalue weighted by Crippen LogP contribution is 2.32. The summed E-state index contributed by atoms with van der Waals surface area (Å²) in [6, 6.07) is 3.61. The van der Waals surface area contributed by atoms with Crippen molar-refractivity contribution in [3.63, 3.8) is 0 Å². The first-order chi connectivity index (χ1) is 7.63. The number of nitro groups is 1. The number of hydrogen-bond donors (Lipinski definition) is 1. The Labute approximate surface area is 93.2 Å². The molecule has 6 heteroatoms. The molecule has 1 aliphatic rings. The van der Waals surface area contributed by atoms with E-state index in [0.29, 0.717) is 6.04 Å². The number of pyridine rings is 1. The lowest BCUT2D eigenvalue weighted by Gasteiger charge is -2.21. The molecule has 2 N–H and O–H groups in total. The fourth-order valence-electron chi connectivity index (χ4n) is 1.76. The van der Waals surface area contributed by atoms with Gasteiger partial charge >= 0.3 is 5.69 Å². The van der Waals surface area contributed by atoms with Crippen LogP contribution in [0.15, 0.2) is 12.1 Å². The highest BCUT2D eigenvalue weighted by molar-refractivity contribution is 5.58. The summed E-state index contributed by atoms with van der Waals surface area (Å²) < 4.78 is 0. The van der Waals surface area contributed by atoms with Gasteiger partial charge in [-0.2, -0.15) is 0 Å². The van der Waals surface area contributed by atoms with Gasteiger partial charge in [0.1, 0.15) is 5.82 Å². The second kappa shape index (κ2) is 3.96. The van der Waals surface area contributed by atoms with Crippen LogP contribution in [0.1, 0.15) is 19.8 Å². The standard InChI is InChI=1S/C10H14N4O2/c1-2-13(7-3-4-7)9-6-5-8(14(15)16)10(11)12-9/h5-7H,2-4H2,1H3,(H2,11,12). The van der Waals surface area contributed by atoms with Gasteiger partial charge in [0.05, 0.1) is 4.92 Å². The van der Waals surface area contributed by atoms with Crippen LogP contribution < -0.4 is 10.6 Å². The largest absolute Gasteiger partial charge is 0.378 e. The van der Waals surface area contributed by atoms with E-state index in [4.69, 9.17) is 5.73 Å². The monoisotopic (exact) mass is 222 g/mol. The van der Waals surface area contributed by atoms with Gasteiger partial charge in [-0.3, -0.25) is 10.1 Å². The normalized spacial score (nSPS) is 14.8. The third kappa shape index (κ3) is 1.91. The quantitative estimate of drug-likeness (QED) is 0.617. The number of hydrogen-bond acceptors (Lipinski definition) is 5. The first-order valence-corrected chi connectivity index (χ1v) is 5.31. The molecular weight excluding hydrogens is 208 g/mol. The average molecular weight is 222 g/mol. The van der Waals surface area contributed by atoms with Crippen LogP contribution in [0.5, 0.6) is 0 Å². The van der Waals surface area contributed by atoms with Gasteiger partial charge in [0.25, 0.3) is 0 Å². The Bertz CT molecular complexity index is 417. The second-order valence-electron chi connectivity index (χ2n) is 3.85. The first kappa shape index (κ1) is 10.7. The third-order valence-electron chi connectivity index (χ3n) is 2.71. The molecular formula is C10H14N4O2. The van der Waals surface area contributed by atoms with E-state index in [9.17, 15) is 10.1 Å². The number of nitrogens with zero attached hydrogens (tertiary/aromatic N) is 3. The zero-order chi connectivity index (χ0) is 11.7. The van der Waals surface area contributed by atoms with Crippen molar-refractivity contribution in [2.45, 2.75) is 25.8 Å². The molecule has 1 fully saturated rings. The fraction of sp³-hybridized carbons (Fsp3) is 0.500. The molecule has 1 saturated carbocycles. The summed E-state index contributed by atoms with van der Waals surface area (Å²) >= 11 is 0. The highest BCUT2D eigenvalue weighted by atomic mass is 16.6. The van der Waals surface area contributed by atoms with Crippen LogP contribution in [0, 0.1) is 10.1 Å². The lowest BCUT2D eigenvalue weighted by atomic mass is 10.3. The van der Waals surface area contributed by atoms with E-state index in [0.717, 1.165) is 25.2 Å². The zero-order valence-electron chi connectivity index (χ0n) is 9.09. The maximum Gasteiger partial charge on any atom is 0.311 e. The SMILES string of the molecule is CCN(c1ccc([N+](=O)[O-])c(N)n1)C1CC1. The number of nitrogens with two attached hydrogens (primary N) is 1. The van der Waals surface area contributed by atoms with Gasteiger partial charge in [-0.05, 0) is 25.8 Å². The topological polar surface area (TPSA) is 85.3 Å². The Hall–Kier alpha value is -1.85. The predicted octanol–water partition coefficient (Wildman–Crippen LogP) is 1.56. The van der Waals surface area contributed by atoms with Crippen LogP contribution >= 0.6 is 0 Å². The minimum absolute atomic E-state index is 0.0124. The summed E-state index contributed by atoms with van der Waals surface area (Å²) in [6.07, 6.45) is 2.32. The van der Waals surface area contributed by atoms with E-state index >= 15 is 0 Å². The lowest BCUT2D eigenvalue weighted by molar-refractivity contribution is -0.384. The molecule has 0 atom stereocenters. The molecule has 1 aromatic rings. The van der Waals surface area contributed by atoms with Crippen molar-refractivity contribution in [1.82, 2.24) is 4.98 Å². The maximum absolute atomic E-state index is 10.6. The van der Waals surface area contributed by atoms with Gasteiger partial charge in [0, 0.05) is 18.7 Å². The molecule has 0 radical (unpaired) electrons. The van der Waals surface area contributed by atoms with Crippen LogP contribution in [0.25, 0.3) is 0 Å². The first-order valence-electron chi connectivity index (χ1n) is 5.31. The van der Waals surface area contributed by atoms with Crippen LogP contribution in [-0.4, -0.2) is 22.5 Å². The van der Waals surface area contributed by atoms with Crippen molar-refractivity contribution in [3.8, 4) is 0 Å². The van der Waals surface area contributed by atoms with E-state index in [2.05, 4.69) is 9.88 Å². The Kier molecular flexibility index (Phi) is 2.64. The maximum atomic E-state index is 10.6. The number of nitrogen functional groups attached to an aromatic ring is 1. The summed E-state index contributed by atoms with van der Waals surface area (Å²) in [5.41, 5.74) is 5.43. The molecule has 0 saturated heterocycles. The Morgan fingerprint density at radius 1 is 1.62 bits per heavy atom. The summed E-state index contributed by atoms with van der Waals surface area (Å²) in [4.78, 5) is 16.3. The molecule has 0 amide bonds. The molecule has 0 spiro atoms. The molecule has 0 unspecified atom stereocenters. The van der Waals surface area contributed by atoms with Crippen molar-refractivity contribution >= 4 is 17.3 Å². The molecule has 16 heavy (non-hydrogen) atoms. The Morgan fingerprint density at radius 3 is 2.75 bits per heavy atom. The van der Waals surface area contributed by atoms with Crippen molar-refractivity contribution in [1.29, 1.82) is 0 Å². The smallest absolute Gasteiger partial charge is 0.311 e. The van der Waals surface area contributed by atoms with Crippen LogP contribution in [0.3, 0.4) is 0 Å². The molecule has 86 valence electrons. The second-order valence-corrected chi connectivity index (χ2v) is 3.85. The van der Waals surface area contributed by atoms with E-state index in [1.807, 2.05) is 6.92 Å². The van der Waals surface area contributed by atoms with E-state index in [-0.39, 0.29) is 11.5 Å². The van der Waals surface area contributed by atoms with Gasteiger partial charge in [-0.25, -0.2) is 4.98 Å². The molecule has 1 heterocycles. The number of anilines is 2. The van der Waals surface area contributed by atoms with E-state index < -0.39 is 4.92 Å². The molecule has 0 bridgehead atoms. The summed E-state index contributed by atoms with van der Waals surface area (Å²) in [6.45, 7) is 2.88. The number of aromatic nitrogens is 1. The Balaban J connectivity index is 2.28. The average Bonchev–Trinajstić information content (AvgIpc) is 3.02. The molecule has 0 aliphatic heterocycles. The minimum atomic E-state index is -0.514. The van der Waals surface area contributed by atoms with E-state index in [1.54, 1.807) is 6.07 Å². The van der Waals surface area contributed by atoms with Gasteiger partial charge in [-0.1, -0.05) is 0 Å². The zero-order valence-corrected chi connectivity index (χ0v) is 9.09. The molecule has 0 aromatic carbocycles. The fourth-order valence-corrected chi connectivity index (χ4v) is 1.76. The van der Waals surface area contributed by atoms with E-state index in [1.165, 1.54) is 6.07 Å². The summed E-state index contributed by atoms with van der Waals surface area (Å²) in [5.74, 6) is 0.717. The van der Waals surface area contributed by atoms with Gasteiger partial charge in [0.2, 0.25) is 5.82 Å². The van der Waals surface area contributed by atoms with Gasteiger partial charge < -0.3 is 10.6 Å². The number of rotatable bonds is 4. The predicted molar refractivity (Wildman–Crippen MR) is 61.3 cm³/mol. The summed E-state index contributed by atoms with van der Waals surface area (Å²) in [5, 5.41) is 10.6. The molecule has 6 nitrogen and oxygen atoms in total. The highest BCUT2D eigenvalue weighted by Gasteiger charge is 2.29. The van der Waals surface area contributed by atoms with Crippen LogP contribution in [0.2, 0.25) is 0 Å².